The van der Waals surface area contributed by atoms with Crippen LogP contribution in [0.15, 0.2) is 48.7 Å². The Labute approximate surface area is 147 Å². The van der Waals surface area contributed by atoms with Crippen molar-refractivity contribution in [1.82, 2.24) is 4.98 Å². The molecule has 4 nitrogen and oxygen atoms in total. The summed E-state index contributed by atoms with van der Waals surface area (Å²) in [5.41, 5.74) is 1.11. The number of carbonyl (C=O) groups is 1. The lowest BCUT2D eigenvalue weighted by molar-refractivity contribution is -0.0517. The fourth-order valence-electron chi connectivity index (χ4n) is 4.46. The van der Waals surface area contributed by atoms with Crippen LogP contribution in [0.2, 0.25) is 0 Å². The number of hydrogen-bond donors (Lipinski definition) is 1. The number of aromatic nitrogens is 1. The van der Waals surface area contributed by atoms with E-state index in [1.165, 1.54) is 0 Å². The van der Waals surface area contributed by atoms with Crippen LogP contribution in [-0.4, -0.2) is 28.6 Å². The largest absolute Gasteiger partial charge is 0.382 e. The first-order valence-electron chi connectivity index (χ1n) is 9.06. The van der Waals surface area contributed by atoms with E-state index in [1.54, 1.807) is 24.4 Å². The zero-order chi connectivity index (χ0) is 17.4. The van der Waals surface area contributed by atoms with Crippen molar-refractivity contribution < 1.29 is 14.6 Å². The molecule has 1 aromatic carbocycles. The zero-order valence-electron chi connectivity index (χ0n) is 14.4. The summed E-state index contributed by atoms with van der Waals surface area (Å²) in [6, 6.07) is 13.2. The molecule has 2 aliphatic rings. The van der Waals surface area contributed by atoms with Crippen molar-refractivity contribution in [1.29, 1.82) is 0 Å². The van der Waals surface area contributed by atoms with Crippen molar-refractivity contribution in [2.24, 2.45) is 5.92 Å². The third-order valence-corrected chi connectivity index (χ3v) is 5.67. The fourth-order valence-corrected chi connectivity index (χ4v) is 4.46. The normalized spacial score (nSPS) is 30.1. The summed E-state index contributed by atoms with van der Waals surface area (Å²) in [7, 11) is 0. The SMILES string of the molecule is CCCCC1c2ccccc2C2(O)C(C(=O)c3ccccn3)COC12. The van der Waals surface area contributed by atoms with Crippen molar-refractivity contribution in [2.45, 2.75) is 43.8 Å². The molecule has 4 atom stereocenters. The van der Waals surface area contributed by atoms with E-state index in [2.05, 4.69) is 18.0 Å². The molecular weight excluding hydrogens is 314 g/mol. The Morgan fingerprint density at radius 2 is 2.08 bits per heavy atom. The number of benzene rings is 1. The quantitative estimate of drug-likeness (QED) is 0.849. The van der Waals surface area contributed by atoms with Gasteiger partial charge in [0.15, 0.2) is 5.78 Å². The third-order valence-electron chi connectivity index (χ3n) is 5.67. The number of ether oxygens (including phenoxy) is 1. The van der Waals surface area contributed by atoms with Gasteiger partial charge < -0.3 is 9.84 Å². The first-order valence-corrected chi connectivity index (χ1v) is 9.06. The lowest BCUT2D eigenvalue weighted by atomic mass is 9.79. The van der Waals surface area contributed by atoms with Crippen molar-refractivity contribution in [2.75, 3.05) is 6.61 Å². The monoisotopic (exact) mass is 337 g/mol. The summed E-state index contributed by atoms with van der Waals surface area (Å²) >= 11 is 0. The van der Waals surface area contributed by atoms with Crippen LogP contribution >= 0.6 is 0 Å². The Hall–Kier alpha value is -2.04. The van der Waals surface area contributed by atoms with Crippen LogP contribution < -0.4 is 0 Å². The number of hydrogen-bond acceptors (Lipinski definition) is 4. The number of unbranched alkanes of at least 4 members (excludes halogenated alkanes) is 1. The summed E-state index contributed by atoms with van der Waals surface area (Å²) in [4.78, 5) is 17.2. The molecule has 1 aromatic heterocycles. The number of aliphatic hydroxyl groups is 1. The Bertz CT molecular complexity index is 776. The number of fused-ring (bicyclic) bond motifs is 3. The predicted octanol–water partition coefficient (Wildman–Crippen LogP) is 3.45. The molecule has 4 unspecified atom stereocenters. The lowest BCUT2D eigenvalue weighted by Gasteiger charge is -2.29. The lowest BCUT2D eigenvalue weighted by Crippen LogP contribution is -2.42. The third kappa shape index (κ3) is 2.43. The minimum absolute atomic E-state index is 0.141. The number of nitrogens with zero attached hydrogens (tertiary/aromatic N) is 1. The number of ketones is 1. The smallest absolute Gasteiger partial charge is 0.189 e. The molecule has 130 valence electrons. The maximum absolute atomic E-state index is 13.0. The van der Waals surface area contributed by atoms with E-state index in [9.17, 15) is 9.90 Å². The number of Topliss-reactive ketones (excluding diaryl/α,β-unsaturated/α-hetero) is 1. The van der Waals surface area contributed by atoms with E-state index in [0.29, 0.717) is 5.69 Å². The van der Waals surface area contributed by atoms with Crippen LogP contribution in [0.1, 0.15) is 53.7 Å². The van der Waals surface area contributed by atoms with Gasteiger partial charge in [0, 0.05) is 12.1 Å². The maximum atomic E-state index is 13.0. The van der Waals surface area contributed by atoms with E-state index in [-0.39, 0.29) is 24.4 Å². The van der Waals surface area contributed by atoms with Gasteiger partial charge in [0.2, 0.25) is 0 Å². The highest BCUT2D eigenvalue weighted by Crippen LogP contribution is 2.55. The molecule has 0 radical (unpaired) electrons. The molecule has 1 aliphatic heterocycles. The second-order valence-electron chi connectivity index (χ2n) is 7.05. The molecule has 2 heterocycles. The summed E-state index contributed by atoms with van der Waals surface area (Å²) in [6.45, 7) is 2.41. The molecule has 0 saturated carbocycles. The van der Waals surface area contributed by atoms with Crippen LogP contribution in [0.3, 0.4) is 0 Å². The summed E-state index contributed by atoms with van der Waals surface area (Å²) in [5, 5.41) is 11.7. The van der Waals surface area contributed by atoms with Gasteiger partial charge in [0.05, 0.1) is 18.6 Å². The van der Waals surface area contributed by atoms with Crippen molar-refractivity contribution >= 4 is 5.78 Å². The van der Waals surface area contributed by atoms with Crippen LogP contribution in [0.4, 0.5) is 0 Å². The Kier molecular flexibility index (Phi) is 4.18. The first-order chi connectivity index (χ1) is 12.2. The Morgan fingerprint density at radius 1 is 1.28 bits per heavy atom. The summed E-state index contributed by atoms with van der Waals surface area (Å²) < 4.78 is 6.03. The molecule has 1 N–H and O–H groups in total. The molecular formula is C21H23NO3. The van der Waals surface area contributed by atoms with Gasteiger partial charge in [-0.05, 0) is 29.7 Å². The first kappa shape index (κ1) is 16.4. The van der Waals surface area contributed by atoms with Gasteiger partial charge >= 0.3 is 0 Å². The van der Waals surface area contributed by atoms with Gasteiger partial charge in [0.1, 0.15) is 11.3 Å². The second kappa shape index (κ2) is 6.36. The van der Waals surface area contributed by atoms with Crippen molar-refractivity contribution in [3.63, 3.8) is 0 Å². The topological polar surface area (TPSA) is 59.4 Å². The molecule has 2 aromatic rings. The Morgan fingerprint density at radius 3 is 2.84 bits per heavy atom. The highest BCUT2D eigenvalue weighted by atomic mass is 16.5. The molecule has 0 spiro atoms. The minimum Gasteiger partial charge on any atom is -0.382 e. The van der Waals surface area contributed by atoms with Crippen LogP contribution in [0.25, 0.3) is 0 Å². The number of pyridine rings is 1. The van der Waals surface area contributed by atoms with Crippen molar-refractivity contribution in [3.8, 4) is 0 Å². The molecule has 1 aliphatic carbocycles. The van der Waals surface area contributed by atoms with E-state index in [0.717, 1.165) is 30.4 Å². The van der Waals surface area contributed by atoms with Crippen LogP contribution in [0.5, 0.6) is 0 Å². The van der Waals surface area contributed by atoms with Gasteiger partial charge in [-0.3, -0.25) is 9.78 Å². The highest BCUT2D eigenvalue weighted by molar-refractivity contribution is 5.97. The molecule has 1 fully saturated rings. The van der Waals surface area contributed by atoms with Gasteiger partial charge in [-0.2, -0.15) is 0 Å². The van der Waals surface area contributed by atoms with Gasteiger partial charge in [-0.25, -0.2) is 0 Å². The maximum Gasteiger partial charge on any atom is 0.189 e. The minimum atomic E-state index is -1.26. The van der Waals surface area contributed by atoms with Crippen LogP contribution in [-0.2, 0) is 10.3 Å². The molecule has 25 heavy (non-hydrogen) atoms. The fraction of sp³-hybridized carbons (Fsp3) is 0.429. The molecule has 4 heteroatoms. The van der Waals surface area contributed by atoms with Gasteiger partial charge in [0.25, 0.3) is 0 Å². The number of carbonyl (C=O) groups excluding carboxylic acids is 1. The molecule has 0 bridgehead atoms. The van der Waals surface area contributed by atoms with Gasteiger partial charge in [-0.15, -0.1) is 0 Å². The van der Waals surface area contributed by atoms with E-state index < -0.39 is 11.5 Å². The predicted molar refractivity (Wildman–Crippen MR) is 94.4 cm³/mol. The summed E-state index contributed by atoms with van der Waals surface area (Å²) in [5.74, 6) is -0.612. The number of rotatable bonds is 5. The van der Waals surface area contributed by atoms with Crippen LogP contribution in [0, 0.1) is 5.92 Å². The average molecular weight is 337 g/mol. The summed E-state index contributed by atoms with van der Waals surface area (Å²) in [6.07, 6.45) is 4.39. The van der Waals surface area contributed by atoms with Crippen molar-refractivity contribution in [3.05, 3.63) is 65.5 Å². The van der Waals surface area contributed by atoms with E-state index in [4.69, 9.17) is 4.74 Å². The Balaban J connectivity index is 1.74. The zero-order valence-corrected chi connectivity index (χ0v) is 14.4. The average Bonchev–Trinajstić information content (AvgIpc) is 3.11. The van der Waals surface area contributed by atoms with E-state index in [1.807, 2.05) is 18.2 Å². The molecule has 1 saturated heterocycles. The second-order valence-corrected chi connectivity index (χ2v) is 7.05. The van der Waals surface area contributed by atoms with Gasteiger partial charge in [-0.1, -0.05) is 50.1 Å². The van der Waals surface area contributed by atoms with E-state index >= 15 is 0 Å². The molecule has 4 rings (SSSR count). The highest BCUT2D eigenvalue weighted by Gasteiger charge is 2.62. The standard InChI is InChI=1S/C21H23NO3/c1-2-3-8-15-14-9-4-5-10-16(14)21(24)17(13-25-20(15)21)19(23)18-11-6-7-12-22-18/h4-7,9-12,15,17,20,24H,2-3,8,13H2,1H3. The molecule has 0 amide bonds.